The van der Waals surface area contributed by atoms with Crippen LogP contribution in [0.1, 0.15) is 24.0 Å². The fourth-order valence-electron chi connectivity index (χ4n) is 3.22. The summed E-state index contributed by atoms with van der Waals surface area (Å²) in [5, 5.41) is 0. The van der Waals surface area contributed by atoms with Crippen molar-refractivity contribution in [2.24, 2.45) is 0 Å². The summed E-state index contributed by atoms with van der Waals surface area (Å²) in [4.78, 5) is 28.9. The van der Waals surface area contributed by atoms with Crippen molar-refractivity contribution in [3.8, 4) is 0 Å². The molecule has 3 rings (SSSR count). The van der Waals surface area contributed by atoms with Gasteiger partial charge in [-0.15, -0.1) is 0 Å². The van der Waals surface area contributed by atoms with Crippen molar-refractivity contribution >= 4 is 11.8 Å². The van der Waals surface area contributed by atoms with Crippen LogP contribution in [0.3, 0.4) is 0 Å². The quantitative estimate of drug-likeness (QED) is 0.861. The molecule has 4 heteroatoms. The van der Waals surface area contributed by atoms with Crippen molar-refractivity contribution in [3.05, 3.63) is 71.8 Å². The van der Waals surface area contributed by atoms with Gasteiger partial charge < -0.3 is 9.80 Å². The zero-order valence-corrected chi connectivity index (χ0v) is 14.6. The highest BCUT2D eigenvalue weighted by Crippen LogP contribution is 2.19. The van der Waals surface area contributed by atoms with E-state index in [4.69, 9.17) is 0 Å². The number of carbonyl (C=O) groups excluding carboxylic acids is 2. The minimum Gasteiger partial charge on any atom is -0.339 e. The van der Waals surface area contributed by atoms with Gasteiger partial charge in [-0.2, -0.15) is 0 Å². The molecule has 25 heavy (non-hydrogen) atoms. The van der Waals surface area contributed by atoms with E-state index in [9.17, 15) is 9.59 Å². The number of hydrogen-bond donors (Lipinski definition) is 0. The Balaban J connectivity index is 1.53. The van der Waals surface area contributed by atoms with Crippen LogP contribution in [0.2, 0.25) is 0 Å². The van der Waals surface area contributed by atoms with Crippen molar-refractivity contribution in [1.29, 1.82) is 0 Å². The summed E-state index contributed by atoms with van der Waals surface area (Å²) in [6.07, 6.45) is 0.426. The first-order valence-electron chi connectivity index (χ1n) is 8.80. The number of amides is 2. The Morgan fingerprint density at radius 3 is 1.96 bits per heavy atom. The second-order valence-electron chi connectivity index (χ2n) is 6.50. The van der Waals surface area contributed by atoms with Crippen LogP contribution in [-0.2, 0) is 16.0 Å². The summed E-state index contributed by atoms with van der Waals surface area (Å²) in [5.41, 5.74) is 2.07. The predicted molar refractivity (Wildman–Crippen MR) is 98.2 cm³/mol. The second kappa shape index (κ2) is 7.97. The summed E-state index contributed by atoms with van der Waals surface area (Å²) in [5.74, 6) is 0.128. The molecule has 2 aromatic carbocycles. The highest BCUT2D eigenvalue weighted by Gasteiger charge is 2.27. The largest absolute Gasteiger partial charge is 0.339 e. The molecule has 1 aliphatic heterocycles. The molecular formula is C21H24N2O2. The van der Waals surface area contributed by atoms with Gasteiger partial charge in [0, 0.05) is 26.2 Å². The van der Waals surface area contributed by atoms with Crippen LogP contribution >= 0.6 is 0 Å². The third kappa shape index (κ3) is 4.27. The van der Waals surface area contributed by atoms with E-state index in [1.165, 1.54) is 0 Å². The lowest BCUT2D eigenvalue weighted by Crippen LogP contribution is -2.51. The van der Waals surface area contributed by atoms with Crippen LogP contribution < -0.4 is 0 Å². The number of nitrogens with zero attached hydrogens (tertiary/aromatic N) is 2. The maximum absolute atomic E-state index is 12.7. The van der Waals surface area contributed by atoms with Crippen LogP contribution in [-0.4, -0.2) is 47.8 Å². The molecule has 1 saturated heterocycles. The Kier molecular flexibility index (Phi) is 5.49. The molecule has 0 radical (unpaired) electrons. The molecule has 2 amide bonds. The molecule has 1 atom stereocenters. The number of carbonyl (C=O) groups is 2. The van der Waals surface area contributed by atoms with Gasteiger partial charge in [-0.05, 0) is 18.1 Å². The van der Waals surface area contributed by atoms with E-state index in [0.29, 0.717) is 32.6 Å². The van der Waals surface area contributed by atoms with Gasteiger partial charge in [-0.1, -0.05) is 60.7 Å². The molecule has 0 aromatic heterocycles. The Morgan fingerprint density at radius 2 is 1.36 bits per heavy atom. The molecule has 0 N–H and O–H groups in total. The summed E-state index contributed by atoms with van der Waals surface area (Å²) in [7, 11) is 0. The summed E-state index contributed by atoms with van der Waals surface area (Å²) >= 11 is 0. The molecule has 0 spiro atoms. The summed E-state index contributed by atoms with van der Waals surface area (Å²) in [6, 6.07) is 19.6. The standard InChI is InChI=1S/C21H24N2O2/c1-17(19-10-6-3-7-11-19)21(25)23-14-12-22(13-15-23)20(24)16-18-8-4-2-5-9-18/h2-11,17H,12-16H2,1H3/t17-/m0/s1. The van der Waals surface area contributed by atoms with Crippen molar-refractivity contribution in [3.63, 3.8) is 0 Å². The van der Waals surface area contributed by atoms with E-state index in [0.717, 1.165) is 11.1 Å². The van der Waals surface area contributed by atoms with Crippen LogP contribution in [0.5, 0.6) is 0 Å². The molecule has 2 aromatic rings. The first-order chi connectivity index (χ1) is 12.1. The van der Waals surface area contributed by atoms with Gasteiger partial charge in [0.15, 0.2) is 0 Å². The van der Waals surface area contributed by atoms with Gasteiger partial charge in [0.2, 0.25) is 11.8 Å². The fraction of sp³-hybridized carbons (Fsp3) is 0.333. The van der Waals surface area contributed by atoms with Gasteiger partial charge in [-0.3, -0.25) is 9.59 Å². The molecule has 1 aliphatic rings. The first kappa shape index (κ1) is 17.2. The number of benzene rings is 2. The third-order valence-corrected chi connectivity index (χ3v) is 4.81. The Labute approximate surface area is 149 Å². The van der Waals surface area contributed by atoms with Crippen molar-refractivity contribution in [1.82, 2.24) is 9.80 Å². The van der Waals surface area contributed by atoms with Gasteiger partial charge in [0.05, 0.1) is 12.3 Å². The molecule has 1 fully saturated rings. The number of rotatable bonds is 4. The molecule has 0 unspecified atom stereocenters. The molecule has 130 valence electrons. The SMILES string of the molecule is C[C@H](C(=O)N1CCN(C(=O)Cc2ccccc2)CC1)c1ccccc1. The summed E-state index contributed by atoms with van der Waals surface area (Å²) < 4.78 is 0. The zero-order valence-electron chi connectivity index (χ0n) is 14.6. The van der Waals surface area contributed by atoms with E-state index in [-0.39, 0.29) is 17.7 Å². The lowest BCUT2D eigenvalue weighted by atomic mass is 9.99. The Hall–Kier alpha value is -2.62. The normalized spacial score (nSPS) is 15.7. The molecule has 1 heterocycles. The minimum absolute atomic E-state index is 0.134. The highest BCUT2D eigenvalue weighted by atomic mass is 16.2. The van der Waals surface area contributed by atoms with Crippen LogP contribution in [0.25, 0.3) is 0 Å². The van der Waals surface area contributed by atoms with Crippen molar-refractivity contribution in [2.75, 3.05) is 26.2 Å². The smallest absolute Gasteiger partial charge is 0.229 e. The highest BCUT2D eigenvalue weighted by molar-refractivity contribution is 5.84. The molecule has 0 saturated carbocycles. The van der Waals surface area contributed by atoms with E-state index >= 15 is 0 Å². The lowest BCUT2D eigenvalue weighted by Gasteiger charge is -2.36. The van der Waals surface area contributed by atoms with Crippen molar-refractivity contribution < 1.29 is 9.59 Å². The van der Waals surface area contributed by atoms with Gasteiger partial charge in [-0.25, -0.2) is 0 Å². The second-order valence-corrected chi connectivity index (χ2v) is 6.50. The van der Waals surface area contributed by atoms with Crippen LogP contribution in [0.4, 0.5) is 0 Å². The Morgan fingerprint density at radius 1 is 0.840 bits per heavy atom. The minimum atomic E-state index is -0.146. The van der Waals surface area contributed by atoms with E-state index in [2.05, 4.69) is 0 Å². The average Bonchev–Trinajstić information content (AvgIpc) is 2.68. The molecule has 4 nitrogen and oxygen atoms in total. The monoisotopic (exact) mass is 336 g/mol. The molecule has 0 bridgehead atoms. The average molecular weight is 336 g/mol. The van der Waals surface area contributed by atoms with E-state index in [1.54, 1.807) is 0 Å². The Bertz CT molecular complexity index is 707. The van der Waals surface area contributed by atoms with E-state index in [1.807, 2.05) is 77.4 Å². The maximum Gasteiger partial charge on any atom is 0.229 e. The van der Waals surface area contributed by atoms with Crippen LogP contribution in [0.15, 0.2) is 60.7 Å². The molecule has 0 aliphatic carbocycles. The number of piperazine rings is 1. The first-order valence-corrected chi connectivity index (χ1v) is 8.80. The molecular weight excluding hydrogens is 312 g/mol. The fourth-order valence-corrected chi connectivity index (χ4v) is 3.22. The predicted octanol–water partition coefficient (Wildman–Crippen LogP) is 2.70. The maximum atomic E-state index is 12.7. The zero-order chi connectivity index (χ0) is 17.6. The van der Waals surface area contributed by atoms with E-state index < -0.39 is 0 Å². The third-order valence-electron chi connectivity index (χ3n) is 4.81. The topological polar surface area (TPSA) is 40.6 Å². The van der Waals surface area contributed by atoms with Crippen LogP contribution in [0, 0.1) is 0 Å². The number of hydrogen-bond acceptors (Lipinski definition) is 2. The van der Waals surface area contributed by atoms with Gasteiger partial charge in [0.1, 0.15) is 0 Å². The van der Waals surface area contributed by atoms with Gasteiger partial charge >= 0.3 is 0 Å². The lowest BCUT2D eigenvalue weighted by molar-refractivity contribution is -0.139. The van der Waals surface area contributed by atoms with Gasteiger partial charge in [0.25, 0.3) is 0 Å². The summed E-state index contributed by atoms with van der Waals surface area (Å²) in [6.45, 7) is 4.38. The van der Waals surface area contributed by atoms with Crippen molar-refractivity contribution in [2.45, 2.75) is 19.3 Å².